The predicted octanol–water partition coefficient (Wildman–Crippen LogP) is 7.89. The second kappa shape index (κ2) is 11.3. The van der Waals surface area contributed by atoms with Gasteiger partial charge in [0.25, 0.3) is 8.32 Å². The fraction of sp³-hybridized carbons (Fsp3) is 0.562. The lowest BCUT2D eigenvalue weighted by Gasteiger charge is -2.49. The van der Waals surface area contributed by atoms with Gasteiger partial charge in [-0.1, -0.05) is 109 Å². The molecule has 210 valence electrons. The average Bonchev–Trinajstić information content (AvgIpc) is 2.79. The molecule has 2 aromatic rings. The van der Waals surface area contributed by atoms with E-state index in [0.29, 0.717) is 0 Å². The Morgan fingerprint density at radius 1 is 0.632 bits per heavy atom. The molecule has 38 heavy (non-hydrogen) atoms. The molecule has 0 N–H and O–H groups in total. The first kappa shape index (κ1) is 31.2. The average molecular weight is 569 g/mol. The van der Waals surface area contributed by atoms with Crippen LogP contribution in [0.2, 0.25) is 42.8 Å². The minimum atomic E-state index is -2.69. The molecule has 0 spiro atoms. The second-order valence-electron chi connectivity index (χ2n) is 14.5. The highest BCUT2D eigenvalue weighted by Crippen LogP contribution is 2.43. The first-order valence-corrected chi connectivity index (χ1v) is 22.4. The van der Waals surface area contributed by atoms with Gasteiger partial charge in [-0.3, -0.25) is 0 Å². The van der Waals surface area contributed by atoms with E-state index >= 15 is 0 Å². The molecule has 1 aliphatic rings. The van der Waals surface area contributed by atoms with Gasteiger partial charge in [0.2, 0.25) is 0 Å². The Kier molecular flexibility index (Phi) is 9.29. The Morgan fingerprint density at radius 2 is 1.05 bits per heavy atom. The standard InChI is InChI=1S/C32H52O3Si3/c1-25-29(34-36(8,9)10)23-26(24-30(25)35-37(11,12)31(2,3)4)33-38(32(5,6)7,27-19-15-13-16-20-27)28-21-17-14-18-22-28/h13-22,26,29-30H,1,23-24H2,2-12H3/t26-,29-,30-/m0/s1. The summed E-state index contributed by atoms with van der Waals surface area (Å²) in [6.45, 7) is 30.0. The van der Waals surface area contributed by atoms with Crippen molar-refractivity contribution in [3.8, 4) is 0 Å². The maximum Gasteiger partial charge on any atom is 0.261 e. The third kappa shape index (κ3) is 6.88. The zero-order valence-corrected chi connectivity index (χ0v) is 28.9. The molecule has 0 heterocycles. The fourth-order valence-corrected chi connectivity index (χ4v) is 12.4. The maximum absolute atomic E-state index is 7.61. The van der Waals surface area contributed by atoms with Crippen molar-refractivity contribution >= 4 is 35.3 Å². The molecule has 2 aromatic carbocycles. The van der Waals surface area contributed by atoms with E-state index in [-0.39, 0.29) is 28.4 Å². The van der Waals surface area contributed by atoms with Crippen LogP contribution in [0.5, 0.6) is 0 Å². The zero-order chi connectivity index (χ0) is 28.6. The molecule has 1 fully saturated rings. The Morgan fingerprint density at radius 3 is 1.42 bits per heavy atom. The Balaban J connectivity index is 2.10. The van der Waals surface area contributed by atoms with Gasteiger partial charge in [-0.2, -0.15) is 0 Å². The summed E-state index contributed by atoms with van der Waals surface area (Å²) in [4.78, 5) is 0. The Labute approximate surface area is 236 Å². The summed E-state index contributed by atoms with van der Waals surface area (Å²) in [6, 6.07) is 21.9. The normalized spacial score (nSPS) is 22.0. The van der Waals surface area contributed by atoms with Crippen LogP contribution in [0.3, 0.4) is 0 Å². The highest BCUT2D eigenvalue weighted by molar-refractivity contribution is 6.99. The Bertz CT molecular complexity index is 1020. The van der Waals surface area contributed by atoms with Gasteiger partial charge in [-0.05, 0) is 58.8 Å². The van der Waals surface area contributed by atoms with Crippen molar-refractivity contribution in [2.75, 3.05) is 0 Å². The lowest BCUT2D eigenvalue weighted by Crippen LogP contribution is -2.68. The summed E-state index contributed by atoms with van der Waals surface area (Å²) in [6.07, 6.45) is 1.55. The third-order valence-electron chi connectivity index (χ3n) is 8.28. The van der Waals surface area contributed by atoms with E-state index in [9.17, 15) is 0 Å². The van der Waals surface area contributed by atoms with Crippen LogP contribution in [0.4, 0.5) is 0 Å². The SMILES string of the molecule is C=C1[C@@H](O[Si](C)(C)C)C[C@H](O[Si](c2ccccc2)(c2ccccc2)C(C)(C)C)C[C@@H]1O[Si](C)(C)C(C)(C)C. The van der Waals surface area contributed by atoms with Gasteiger partial charge in [0.1, 0.15) is 0 Å². The molecule has 0 radical (unpaired) electrons. The maximum atomic E-state index is 7.61. The van der Waals surface area contributed by atoms with E-state index in [1.807, 2.05) is 0 Å². The minimum absolute atomic E-state index is 0.0166. The van der Waals surface area contributed by atoms with Gasteiger partial charge >= 0.3 is 0 Å². The van der Waals surface area contributed by atoms with Gasteiger partial charge in [0.05, 0.1) is 18.3 Å². The van der Waals surface area contributed by atoms with Crippen molar-refractivity contribution in [2.45, 2.75) is 116 Å². The number of hydrogen-bond acceptors (Lipinski definition) is 3. The molecule has 0 saturated heterocycles. The van der Waals surface area contributed by atoms with Gasteiger partial charge < -0.3 is 13.3 Å². The minimum Gasteiger partial charge on any atom is -0.411 e. The van der Waals surface area contributed by atoms with Gasteiger partial charge in [-0.15, -0.1) is 0 Å². The zero-order valence-electron chi connectivity index (χ0n) is 25.9. The van der Waals surface area contributed by atoms with Crippen molar-refractivity contribution in [3.05, 3.63) is 72.8 Å². The molecule has 3 atom stereocenters. The molecule has 1 aliphatic carbocycles. The van der Waals surface area contributed by atoms with Crippen molar-refractivity contribution in [3.63, 3.8) is 0 Å². The van der Waals surface area contributed by atoms with E-state index in [0.717, 1.165) is 18.4 Å². The summed E-state index contributed by atoms with van der Waals surface area (Å²) in [5.74, 6) is 0. The van der Waals surface area contributed by atoms with E-state index in [1.54, 1.807) is 0 Å². The van der Waals surface area contributed by atoms with Crippen molar-refractivity contribution in [2.24, 2.45) is 0 Å². The van der Waals surface area contributed by atoms with Crippen LogP contribution in [0.1, 0.15) is 54.4 Å². The molecule has 6 heteroatoms. The van der Waals surface area contributed by atoms with Crippen LogP contribution in [-0.4, -0.2) is 43.3 Å². The van der Waals surface area contributed by atoms with E-state index < -0.39 is 25.0 Å². The van der Waals surface area contributed by atoms with Crippen LogP contribution in [0.15, 0.2) is 72.8 Å². The topological polar surface area (TPSA) is 27.7 Å². The van der Waals surface area contributed by atoms with E-state index in [1.165, 1.54) is 10.4 Å². The van der Waals surface area contributed by atoms with E-state index in [2.05, 4.69) is 142 Å². The van der Waals surface area contributed by atoms with Gasteiger partial charge in [0, 0.05) is 12.8 Å². The summed E-state index contributed by atoms with van der Waals surface area (Å²) in [5.41, 5.74) is 1.10. The van der Waals surface area contributed by atoms with Crippen LogP contribution < -0.4 is 10.4 Å². The molecule has 0 aromatic heterocycles. The largest absolute Gasteiger partial charge is 0.411 e. The highest BCUT2D eigenvalue weighted by Gasteiger charge is 2.53. The summed E-state index contributed by atoms with van der Waals surface area (Å²) in [7, 11) is -6.53. The summed E-state index contributed by atoms with van der Waals surface area (Å²) < 4.78 is 21.4. The molecule has 1 saturated carbocycles. The summed E-state index contributed by atoms with van der Waals surface area (Å²) >= 11 is 0. The molecular weight excluding hydrogens is 517 g/mol. The lowest BCUT2D eigenvalue weighted by atomic mass is 9.89. The third-order valence-corrected chi connectivity index (χ3v) is 18.9. The molecule has 0 amide bonds. The van der Waals surface area contributed by atoms with E-state index in [4.69, 9.17) is 13.3 Å². The van der Waals surface area contributed by atoms with Crippen LogP contribution >= 0.6 is 0 Å². The monoisotopic (exact) mass is 568 g/mol. The molecular formula is C32H52O3Si3. The van der Waals surface area contributed by atoms with Crippen LogP contribution in [0, 0.1) is 0 Å². The van der Waals surface area contributed by atoms with Crippen LogP contribution in [0.25, 0.3) is 0 Å². The number of benzene rings is 2. The fourth-order valence-electron chi connectivity index (χ4n) is 5.33. The molecule has 0 aliphatic heterocycles. The molecule has 0 unspecified atom stereocenters. The quantitative estimate of drug-likeness (QED) is 0.239. The van der Waals surface area contributed by atoms with Crippen molar-refractivity contribution < 1.29 is 13.3 Å². The first-order chi connectivity index (χ1) is 17.4. The van der Waals surface area contributed by atoms with Crippen LogP contribution in [-0.2, 0) is 13.3 Å². The number of hydrogen-bond donors (Lipinski definition) is 0. The first-order valence-electron chi connectivity index (χ1n) is 14.2. The van der Waals surface area contributed by atoms with Crippen molar-refractivity contribution in [1.82, 2.24) is 0 Å². The predicted molar refractivity (Wildman–Crippen MR) is 171 cm³/mol. The Hall–Kier alpha value is -1.29. The summed E-state index contributed by atoms with van der Waals surface area (Å²) in [5, 5.41) is 2.67. The number of rotatable bonds is 8. The highest BCUT2D eigenvalue weighted by atomic mass is 28.4. The molecule has 3 rings (SSSR count). The van der Waals surface area contributed by atoms with Crippen molar-refractivity contribution in [1.29, 1.82) is 0 Å². The molecule has 0 bridgehead atoms. The lowest BCUT2D eigenvalue weighted by molar-refractivity contribution is 0.0349. The smallest absolute Gasteiger partial charge is 0.261 e. The van der Waals surface area contributed by atoms with Gasteiger partial charge in [-0.25, -0.2) is 0 Å². The van der Waals surface area contributed by atoms with Gasteiger partial charge in [0.15, 0.2) is 16.6 Å². The molecule has 3 nitrogen and oxygen atoms in total. The second-order valence-corrected chi connectivity index (χ2v) is 28.0.